The van der Waals surface area contributed by atoms with E-state index < -0.39 is 5.54 Å². The van der Waals surface area contributed by atoms with Crippen LogP contribution in [0.15, 0.2) is 11.5 Å². The van der Waals surface area contributed by atoms with E-state index in [9.17, 15) is 4.79 Å². The fourth-order valence-electron chi connectivity index (χ4n) is 1.95. The Bertz CT molecular complexity index is 424. The smallest absolute Gasteiger partial charge is 0.326 e. The average molecular weight is 300 g/mol. The SMILES string of the molecule is CCNC(C)(CCCSc1ncnn1C)C(=O)OCC. The Kier molecular flexibility index (Phi) is 7.01. The number of nitrogens with one attached hydrogen (secondary N) is 1. The highest BCUT2D eigenvalue weighted by molar-refractivity contribution is 7.99. The lowest BCUT2D eigenvalue weighted by atomic mass is 9.96. The Labute approximate surface area is 124 Å². The zero-order chi connectivity index (χ0) is 15.0. The first-order valence-corrected chi connectivity index (χ1v) is 7.91. The quantitative estimate of drug-likeness (QED) is 0.424. The third-order valence-electron chi connectivity index (χ3n) is 3.02. The highest BCUT2D eigenvalue weighted by Gasteiger charge is 2.33. The van der Waals surface area contributed by atoms with Crippen molar-refractivity contribution in [2.24, 2.45) is 7.05 Å². The summed E-state index contributed by atoms with van der Waals surface area (Å²) in [5.74, 6) is 0.720. The summed E-state index contributed by atoms with van der Waals surface area (Å²) >= 11 is 1.65. The number of carbonyl (C=O) groups excluding carboxylic acids is 1. The molecule has 0 aliphatic rings. The topological polar surface area (TPSA) is 69.0 Å². The molecule has 20 heavy (non-hydrogen) atoms. The molecule has 1 N–H and O–H groups in total. The van der Waals surface area contributed by atoms with Crippen LogP contribution >= 0.6 is 11.8 Å². The molecule has 0 saturated carbocycles. The van der Waals surface area contributed by atoms with Crippen LogP contribution in [0.2, 0.25) is 0 Å². The molecular formula is C13H24N4O2S. The van der Waals surface area contributed by atoms with Gasteiger partial charge in [-0.15, -0.1) is 0 Å². The van der Waals surface area contributed by atoms with Crippen LogP contribution in [0.5, 0.6) is 0 Å². The molecule has 7 heteroatoms. The third-order valence-corrected chi connectivity index (χ3v) is 4.14. The molecule has 1 heterocycles. The summed E-state index contributed by atoms with van der Waals surface area (Å²) in [6, 6.07) is 0. The monoisotopic (exact) mass is 300 g/mol. The van der Waals surface area contributed by atoms with Crippen LogP contribution in [0.1, 0.15) is 33.6 Å². The van der Waals surface area contributed by atoms with Crippen LogP contribution in [0.3, 0.4) is 0 Å². The normalized spacial score (nSPS) is 14.0. The van der Waals surface area contributed by atoms with Crippen LogP contribution in [0.25, 0.3) is 0 Å². The second-order valence-electron chi connectivity index (χ2n) is 4.70. The first-order valence-electron chi connectivity index (χ1n) is 6.92. The minimum absolute atomic E-state index is 0.175. The third kappa shape index (κ3) is 4.79. The average Bonchev–Trinajstić information content (AvgIpc) is 2.81. The number of rotatable bonds is 9. The van der Waals surface area contributed by atoms with Gasteiger partial charge in [-0.2, -0.15) is 5.10 Å². The van der Waals surface area contributed by atoms with Crippen LogP contribution < -0.4 is 5.32 Å². The number of hydrogen-bond donors (Lipinski definition) is 1. The van der Waals surface area contributed by atoms with Gasteiger partial charge in [0.1, 0.15) is 11.9 Å². The number of esters is 1. The van der Waals surface area contributed by atoms with Crippen molar-refractivity contribution in [3.63, 3.8) is 0 Å². The first kappa shape index (κ1) is 17.0. The molecule has 114 valence electrons. The molecule has 1 aromatic rings. The summed E-state index contributed by atoms with van der Waals surface area (Å²) in [7, 11) is 1.87. The molecule has 0 radical (unpaired) electrons. The van der Waals surface area contributed by atoms with Gasteiger partial charge in [-0.1, -0.05) is 18.7 Å². The molecule has 1 atom stereocenters. The van der Waals surface area contributed by atoms with E-state index in [1.165, 1.54) is 0 Å². The van der Waals surface area contributed by atoms with Crippen molar-refractivity contribution in [2.45, 2.75) is 44.3 Å². The summed E-state index contributed by atoms with van der Waals surface area (Å²) in [6.07, 6.45) is 3.19. The maximum absolute atomic E-state index is 12.0. The first-order chi connectivity index (χ1) is 9.53. The van der Waals surface area contributed by atoms with Crippen LogP contribution in [-0.2, 0) is 16.6 Å². The molecule has 0 saturated heterocycles. The van der Waals surface area contributed by atoms with Crippen molar-refractivity contribution in [3.8, 4) is 0 Å². The van der Waals surface area contributed by atoms with E-state index in [4.69, 9.17) is 4.74 Å². The van der Waals surface area contributed by atoms with Crippen LogP contribution in [0.4, 0.5) is 0 Å². The Morgan fingerprint density at radius 2 is 2.30 bits per heavy atom. The largest absolute Gasteiger partial charge is 0.465 e. The van der Waals surface area contributed by atoms with Gasteiger partial charge in [-0.25, -0.2) is 9.67 Å². The molecular weight excluding hydrogens is 276 g/mol. The summed E-state index contributed by atoms with van der Waals surface area (Å²) in [6.45, 7) is 6.88. The second-order valence-corrected chi connectivity index (χ2v) is 5.76. The summed E-state index contributed by atoms with van der Waals surface area (Å²) < 4.78 is 6.90. The van der Waals surface area contributed by atoms with Crippen LogP contribution in [0, 0.1) is 0 Å². The highest BCUT2D eigenvalue weighted by Crippen LogP contribution is 2.20. The standard InChI is InChI=1S/C13H24N4O2S/c1-5-15-13(3,11(18)19-6-2)8-7-9-20-12-14-10-16-17(12)4/h10,15H,5-9H2,1-4H3. The van der Waals surface area contributed by atoms with E-state index in [0.29, 0.717) is 6.61 Å². The Morgan fingerprint density at radius 3 is 2.85 bits per heavy atom. The van der Waals surface area contributed by atoms with E-state index in [1.54, 1.807) is 22.8 Å². The predicted octanol–water partition coefficient (Wildman–Crippen LogP) is 1.62. The maximum atomic E-state index is 12.0. The number of ether oxygens (including phenoxy) is 1. The lowest BCUT2D eigenvalue weighted by Gasteiger charge is -2.28. The van der Waals surface area contributed by atoms with Gasteiger partial charge >= 0.3 is 5.97 Å². The zero-order valence-corrected chi connectivity index (χ0v) is 13.5. The van der Waals surface area contributed by atoms with Gasteiger partial charge in [0.2, 0.25) is 0 Å². The summed E-state index contributed by atoms with van der Waals surface area (Å²) in [5, 5.41) is 8.15. The van der Waals surface area contributed by atoms with E-state index in [-0.39, 0.29) is 5.97 Å². The molecule has 1 aromatic heterocycles. The van der Waals surface area contributed by atoms with Gasteiger partial charge in [0.25, 0.3) is 0 Å². The number of likely N-dealkylation sites (N-methyl/N-ethyl adjacent to an activating group) is 1. The van der Waals surface area contributed by atoms with Gasteiger partial charge < -0.3 is 10.1 Å². The molecule has 0 aliphatic carbocycles. The van der Waals surface area contributed by atoms with Gasteiger partial charge in [-0.3, -0.25) is 4.79 Å². The van der Waals surface area contributed by atoms with E-state index in [0.717, 1.165) is 30.3 Å². The van der Waals surface area contributed by atoms with Crippen LogP contribution in [-0.4, -0.2) is 45.2 Å². The van der Waals surface area contributed by atoms with Gasteiger partial charge in [0.15, 0.2) is 5.16 Å². The maximum Gasteiger partial charge on any atom is 0.326 e. The predicted molar refractivity (Wildman–Crippen MR) is 79.7 cm³/mol. The lowest BCUT2D eigenvalue weighted by Crippen LogP contribution is -2.50. The minimum atomic E-state index is -0.606. The van der Waals surface area contributed by atoms with Crippen molar-refractivity contribution in [1.82, 2.24) is 20.1 Å². The molecule has 0 aliphatic heterocycles. The zero-order valence-electron chi connectivity index (χ0n) is 12.7. The molecule has 1 unspecified atom stereocenters. The van der Waals surface area contributed by atoms with Crippen molar-refractivity contribution in [2.75, 3.05) is 18.9 Å². The fourth-order valence-corrected chi connectivity index (χ4v) is 2.78. The molecule has 0 fully saturated rings. The molecule has 0 spiro atoms. The minimum Gasteiger partial charge on any atom is -0.465 e. The fraction of sp³-hybridized carbons (Fsp3) is 0.769. The van der Waals surface area contributed by atoms with Gasteiger partial charge in [-0.05, 0) is 33.2 Å². The number of carbonyl (C=O) groups is 1. The molecule has 6 nitrogen and oxygen atoms in total. The Balaban J connectivity index is 2.42. The van der Waals surface area contributed by atoms with E-state index in [1.807, 2.05) is 27.8 Å². The van der Waals surface area contributed by atoms with Gasteiger partial charge in [0.05, 0.1) is 6.61 Å². The number of nitrogens with zero attached hydrogens (tertiary/aromatic N) is 3. The number of aryl methyl sites for hydroxylation is 1. The molecule has 0 bridgehead atoms. The van der Waals surface area contributed by atoms with E-state index in [2.05, 4.69) is 15.4 Å². The van der Waals surface area contributed by atoms with Crippen molar-refractivity contribution in [3.05, 3.63) is 6.33 Å². The van der Waals surface area contributed by atoms with Gasteiger partial charge in [0, 0.05) is 12.8 Å². The van der Waals surface area contributed by atoms with E-state index >= 15 is 0 Å². The second kappa shape index (κ2) is 8.26. The molecule has 0 aromatic carbocycles. The lowest BCUT2D eigenvalue weighted by molar-refractivity contribution is -0.150. The van der Waals surface area contributed by atoms with Crippen molar-refractivity contribution >= 4 is 17.7 Å². The summed E-state index contributed by atoms with van der Waals surface area (Å²) in [4.78, 5) is 16.2. The Hall–Kier alpha value is -1.08. The summed E-state index contributed by atoms with van der Waals surface area (Å²) in [5.41, 5.74) is -0.606. The number of hydrogen-bond acceptors (Lipinski definition) is 6. The number of thioether (sulfide) groups is 1. The van der Waals surface area contributed by atoms with Crippen molar-refractivity contribution in [1.29, 1.82) is 0 Å². The molecule has 0 amide bonds. The highest BCUT2D eigenvalue weighted by atomic mass is 32.2. The Morgan fingerprint density at radius 1 is 1.55 bits per heavy atom. The van der Waals surface area contributed by atoms with Crippen molar-refractivity contribution < 1.29 is 9.53 Å². The molecule has 1 rings (SSSR count). The number of aromatic nitrogens is 3.